The first-order chi connectivity index (χ1) is 8.59. The Morgan fingerprint density at radius 2 is 2.11 bits per heavy atom. The van der Waals surface area contributed by atoms with Gasteiger partial charge in [0.1, 0.15) is 11.6 Å². The topological polar surface area (TPSA) is 59.1 Å². The molecular weight excluding hydrogens is 255 g/mol. The molecule has 0 aliphatic carbocycles. The van der Waals surface area contributed by atoms with Crippen LogP contribution >= 0.6 is 11.6 Å². The van der Waals surface area contributed by atoms with Gasteiger partial charge in [-0.3, -0.25) is 0 Å². The van der Waals surface area contributed by atoms with Crippen molar-refractivity contribution in [2.75, 3.05) is 5.73 Å². The molecule has 3 N–H and O–H groups in total. The van der Waals surface area contributed by atoms with E-state index >= 15 is 0 Å². The van der Waals surface area contributed by atoms with Gasteiger partial charge in [0.15, 0.2) is 0 Å². The summed E-state index contributed by atoms with van der Waals surface area (Å²) < 4.78 is 13.6. The van der Waals surface area contributed by atoms with E-state index in [1.54, 1.807) is 18.2 Å². The van der Waals surface area contributed by atoms with Crippen molar-refractivity contribution in [1.82, 2.24) is 4.98 Å². The molecular formula is C13H12ClFN2O. The molecule has 0 radical (unpaired) electrons. The van der Waals surface area contributed by atoms with Crippen LogP contribution in [0, 0.1) is 5.82 Å². The minimum Gasteiger partial charge on any atom is -0.388 e. The molecule has 1 aromatic carbocycles. The molecule has 0 aliphatic heterocycles. The summed E-state index contributed by atoms with van der Waals surface area (Å²) in [5, 5.41) is 10.3. The molecule has 18 heavy (non-hydrogen) atoms. The summed E-state index contributed by atoms with van der Waals surface area (Å²) in [4.78, 5) is 3.88. The highest BCUT2D eigenvalue weighted by molar-refractivity contribution is 6.31. The number of aliphatic hydroxyl groups is 1. The Bertz CT molecular complexity index is 542. The quantitative estimate of drug-likeness (QED) is 0.898. The fourth-order valence-corrected chi connectivity index (χ4v) is 1.98. The van der Waals surface area contributed by atoms with Gasteiger partial charge in [-0.2, -0.15) is 0 Å². The van der Waals surface area contributed by atoms with E-state index in [1.165, 1.54) is 18.3 Å². The molecule has 94 valence electrons. The summed E-state index contributed by atoms with van der Waals surface area (Å²) >= 11 is 5.90. The standard InChI is InChI=1S/C13H12ClFN2O/c14-10-4-1-5-11(15)9(10)7-12(18)8-3-2-6-17-13(8)16/h1-6,12,18H,7H2,(H2,16,17). The van der Waals surface area contributed by atoms with Crippen molar-refractivity contribution >= 4 is 17.4 Å². The van der Waals surface area contributed by atoms with Crippen LogP contribution in [0.5, 0.6) is 0 Å². The third kappa shape index (κ3) is 2.60. The largest absolute Gasteiger partial charge is 0.388 e. The van der Waals surface area contributed by atoms with Crippen LogP contribution in [0.4, 0.5) is 10.2 Å². The Hall–Kier alpha value is -1.65. The molecule has 0 saturated heterocycles. The molecule has 2 rings (SSSR count). The number of nitrogens with zero attached hydrogens (tertiary/aromatic N) is 1. The Labute approximate surface area is 109 Å². The molecule has 1 atom stereocenters. The summed E-state index contributed by atoms with van der Waals surface area (Å²) in [6.07, 6.45) is 0.649. The van der Waals surface area contributed by atoms with Gasteiger partial charge in [-0.15, -0.1) is 0 Å². The number of aliphatic hydroxyl groups excluding tert-OH is 1. The van der Waals surface area contributed by atoms with Gasteiger partial charge in [-0.25, -0.2) is 9.37 Å². The Kier molecular flexibility index (Phi) is 3.79. The van der Waals surface area contributed by atoms with Gasteiger partial charge in [0, 0.05) is 28.8 Å². The molecule has 0 saturated carbocycles. The number of anilines is 1. The lowest BCUT2D eigenvalue weighted by Crippen LogP contribution is -2.08. The molecule has 0 bridgehead atoms. The second-order valence-corrected chi connectivity index (χ2v) is 4.31. The lowest BCUT2D eigenvalue weighted by Gasteiger charge is -2.14. The number of pyridine rings is 1. The fourth-order valence-electron chi connectivity index (χ4n) is 1.74. The minimum absolute atomic E-state index is 0.0569. The first-order valence-electron chi connectivity index (χ1n) is 5.41. The van der Waals surface area contributed by atoms with Crippen molar-refractivity contribution < 1.29 is 9.50 Å². The molecule has 2 aromatic rings. The van der Waals surface area contributed by atoms with Crippen LogP contribution < -0.4 is 5.73 Å². The van der Waals surface area contributed by atoms with Gasteiger partial charge >= 0.3 is 0 Å². The van der Waals surface area contributed by atoms with E-state index in [9.17, 15) is 9.50 Å². The number of rotatable bonds is 3. The smallest absolute Gasteiger partial charge is 0.129 e. The molecule has 5 heteroatoms. The number of aromatic nitrogens is 1. The van der Waals surface area contributed by atoms with E-state index in [-0.39, 0.29) is 22.8 Å². The molecule has 1 aromatic heterocycles. The van der Waals surface area contributed by atoms with Crippen LogP contribution in [0.2, 0.25) is 5.02 Å². The van der Waals surface area contributed by atoms with E-state index in [0.29, 0.717) is 5.56 Å². The lowest BCUT2D eigenvalue weighted by atomic mass is 10.0. The van der Waals surface area contributed by atoms with Crippen molar-refractivity contribution in [1.29, 1.82) is 0 Å². The third-order valence-corrected chi connectivity index (χ3v) is 3.04. The zero-order valence-corrected chi connectivity index (χ0v) is 10.2. The van der Waals surface area contributed by atoms with Crippen LogP contribution in [0.15, 0.2) is 36.5 Å². The van der Waals surface area contributed by atoms with Crippen molar-refractivity contribution in [3.63, 3.8) is 0 Å². The first-order valence-corrected chi connectivity index (χ1v) is 5.78. The predicted octanol–water partition coefficient (Wildman–Crippen LogP) is 2.73. The van der Waals surface area contributed by atoms with Crippen molar-refractivity contribution in [3.05, 3.63) is 58.5 Å². The highest BCUT2D eigenvalue weighted by atomic mass is 35.5. The van der Waals surface area contributed by atoms with Gasteiger partial charge in [0.2, 0.25) is 0 Å². The van der Waals surface area contributed by atoms with E-state index < -0.39 is 11.9 Å². The summed E-state index contributed by atoms with van der Waals surface area (Å²) in [5.41, 5.74) is 6.40. The first kappa shape index (κ1) is 12.8. The van der Waals surface area contributed by atoms with Crippen LogP contribution in [0.25, 0.3) is 0 Å². The molecule has 1 heterocycles. The minimum atomic E-state index is -0.937. The lowest BCUT2D eigenvalue weighted by molar-refractivity contribution is 0.177. The zero-order chi connectivity index (χ0) is 13.1. The second-order valence-electron chi connectivity index (χ2n) is 3.90. The zero-order valence-electron chi connectivity index (χ0n) is 9.48. The molecule has 1 unspecified atom stereocenters. The number of nitrogen functional groups attached to an aromatic ring is 1. The fraction of sp³-hybridized carbons (Fsp3) is 0.154. The normalized spacial score (nSPS) is 12.4. The molecule has 0 amide bonds. The summed E-state index contributed by atoms with van der Waals surface area (Å²) in [6, 6.07) is 7.73. The van der Waals surface area contributed by atoms with Gasteiger partial charge in [0.25, 0.3) is 0 Å². The van der Waals surface area contributed by atoms with Crippen LogP contribution in [-0.4, -0.2) is 10.1 Å². The van der Waals surface area contributed by atoms with Gasteiger partial charge in [0.05, 0.1) is 6.10 Å². The molecule has 0 aliphatic rings. The summed E-state index contributed by atoms with van der Waals surface area (Å²) in [7, 11) is 0. The van der Waals surface area contributed by atoms with Crippen LogP contribution in [0.1, 0.15) is 17.2 Å². The van der Waals surface area contributed by atoms with E-state index in [1.807, 2.05) is 0 Å². The molecule has 0 fully saturated rings. The second kappa shape index (κ2) is 5.33. The third-order valence-electron chi connectivity index (χ3n) is 2.69. The predicted molar refractivity (Wildman–Crippen MR) is 68.7 cm³/mol. The maximum Gasteiger partial charge on any atom is 0.129 e. The molecule has 3 nitrogen and oxygen atoms in total. The summed E-state index contributed by atoms with van der Waals surface area (Å²) in [5.74, 6) is -0.207. The highest BCUT2D eigenvalue weighted by Crippen LogP contribution is 2.27. The number of hydrogen-bond acceptors (Lipinski definition) is 3. The number of benzene rings is 1. The van der Waals surface area contributed by atoms with Crippen LogP contribution in [0.3, 0.4) is 0 Å². The number of hydrogen-bond donors (Lipinski definition) is 2. The van der Waals surface area contributed by atoms with Crippen LogP contribution in [-0.2, 0) is 6.42 Å². The van der Waals surface area contributed by atoms with E-state index in [2.05, 4.69) is 4.98 Å². The van der Waals surface area contributed by atoms with Crippen molar-refractivity contribution in [2.45, 2.75) is 12.5 Å². The average molecular weight is 267 g/mol. The Morgan fingerprint density at radius 3 is 2.78 bits per heavy atom. The maximum absolute atomic E-state index is 13.6. The number of nitrogens with two attached hydrogens (primary N) is 1. The molecule has 0 spiro atoms. The highest BCUT2D eigenvalue weighted by Gasteiger charge is 2.16. The summed E-state index contributed by atoms with van der Waals surface area (Å²) in [6.45, 7) is 0. The van der Waals surface area contributed by atoms with Crippen molar-refractivity contribution in [2.24, 2.45) is 0 Å². The Balaban J connectivity index is 2.27. The van der Waals surface area contributed by atoms with Gasteiger partial charge < -0.3 is 10.8 Å². The van der Waals surface area contributed by atoms with E-state index in [4.69, 9.17) is 17.3 Å². The average Bonchev–Trinajstić information content (AvgIpc) is 2.34. The monoisotopic (exact) mass is 266 g/mol. The number of halogens is 2. The van der Waals surface area contributed by atoms with Crippen molar-refractivity contribution in [3.8, 4) is 0 Å². The van der Waals surface area contributed by atoms with Gasteiger partial charge in [-0.1, -0.05) is 23.7 Å². The van der Waals surface area contributed by atoms with E-state index in [0.717, 1.165) is 0 Å². The van der Waals surface area contributed by atoms with Gasteiger partial charge in [-0.05, 0) is 18.2 Å². The Morgan fingerprint density at radius 1 is 1.33 bits per heavy atom. The SMILES string of the molecule is Nc1ncccc1C(O)Cc1c(F)cccc1Cl. The maximum atomic E-state index is 13.6.